The molecule has 0 aliphatic heterocycles. The third-order valence-corrected chi connectivity index (χ3v) is 4.46. The lowest BCUT2D eigenvalue weighted by Gasteiger charge is -2.06. The van der Waals surface area contributed by atoms with Gasteiger partial charge in [0, 0.05) is 17.8 Å². The first-order chi connectivity index (χ1) is 14.0. The lowest BCUT2D eigenvalue weighted by Crippen LogP contribution is -2.08. The van der Waals surface area contributed by atoms with Crippen LogP contribution in [0.15, 0.2) is 76.0 Å². The zero-order valence-corrected chi connectivity index (χ0v) is 15.4. The van der Waals surface area contributed by atoms with Crippen molar-refractivity contribution >= 4 is 39.6 Å². The molecule has 0 saturated carbocycles. The molecule has 1 N–H and O–H groups in total. The molecule has 29 heavy (non-hydrogen) atoms. The van der Waals surface area contributed by atoms with Gasteiger partial charge in [-0.05, 0) is 48.0 Å². The van der Waals surface area contributed by atoms with E-state index in [1.165, 1.54) is 30.3 Å². The average molecular weight is 389 g/mol. The Morgan fingerprint density at radius 3 is 2.62 bits per heavy atom. The van der Waals surface area contributed by atoms with Gasteiger partial charge in [0.15, 0.2) is 11.4 Å². The molecule has 0 spiro atoms. The van der Waals surface area contributed by atoms with Crippen LogP contribution in [0, 0.1) is 5.82 Å². The Morgan fingerprint density at radius 2 is 1.86 bits per heavy atom. The first kappa shape index (κ1) is 18.4. The molecule has 144 valence electrons. The second-order valence-electron chi connectivity index (χ2n) is 6.35. The van der Waals surface area contributed by atoms with Crippen LogP contribution in [-0.2, 0) is 4.79 Å². The van der Waals surface area contributed by atoms with Crippen LogP contribution < -0.4 is 15.5 Å². The number of hydrogen-bond donors (Lipinski definition) is 1. The van der Waals surface area contributed by atoms with Gasteiger partial charge in [-0.15, -0.1) is 0 Å². The van der Waals surface area contributed by atoms with E-state index >= 15 is 0 Å². The van der Waals surface area contributed by atoms with Crippen LogP contribution in [0.1, 0.15) is 5.56 Å². The van der Waals surface area contributed by atoms with Gasteiger partial charge in [0.05, 0.1) is 17.9 Å². The summed E-state index contributed by atoms with van der Waals surface area (Å²) in [5, 5.41) is 3.19. The quantitative estimate of drug-likeness (QED) is 0.404. The Morgan fingerprint density at radius 1 is 1.07 bits per heavy atom. The van der Waals surface area contributed by atoms with Crippen molar-refractivity contribution in [3.8, 4) is 5.75 Å². The highest BCUT2D eigenvalue weighted by atomic mass is 19.1. The van der Waals surface area contributed by atoms with Gasteiger partial charge in [0.1, 0.15) is 11.3 Å². The third kappa shape index (κ3) is 3.73. The Labute approximate surface area is 165 Å². The van der Waals surface area contributed by atoms with Gasteiger partial charge in [0.2, 0.25) is 11.3 Å². The minimum absolute atomic E-state index is 0.104. The maximum Gasteiger partial charge on any atom is 0.248 e. The minimum Gasteiger partial charge on any atom is -0.497 e. The summed E-state index contributed by atoms with van der Waals surface area (Å²) in [6.07, 6.45) is 3.06. The predicted octanol–water partition coefficient (Wildman–Crippen LogP) is 4.75. The van der Waals surface area contributed by atoms with Gasteiger partial charge >= 0.3 is 0 Å². The van der Waals surface area contributed by atoms with E-state index in [0.29, 0.717) is 11.1 Å². The van der Waals surface area contributed by atoms with Gasteiger partial charge < -0.3 is 14.5 Å². The standard InChI is InChI=1S/C23H16FNO4/c1-28-16-9-5-14(6-10-16)7-12-21(26)25-15-8-11-17-20(13-15)29-23-18(22(17)27)3-2-4-19(23)24/h2-13H,1H3,(H,25,26). The van der Waals surface area contributed by atoms with Crippen molar-refractivity contribution in [3.05, 3.63) is 88.3 Å². The van der Waals surface area contributed by atoms with Crippen molar-refractivity contribution < 1.29 is 18.3 Å². The van der Waals surface area contributed by atoms with E-state index in [2.05, 4.69) is 5.32 Å². The van der Waals surface area contributed by atoms with E-state index in [-0.39, 0.29) is 27.9 Å². The summed E-state index contributed by atoms with van der Waals surface area (Å²) in [7, 11) is 1.58. The van der Waals surface area contributed by atoms with Gasteiger partial charge in [-0.1, -0.05) is 18.2 Å². The van der Waals surface area contributed by atoms with Crippen LogP contribution >= 0.6 is 0 Å². The topological polar surface area (TPSA) is 68.5 Å². The first-order valence-corrected chi connectivity index (χ1v) is 8.83. The molecule has 0 fully saturated rings. The lowest BCUT2D eigenvalue weighted by molar-refractivity contribution is -0.111. The molecule has 1 heterocycles. The van der Waals surface area contributed by atoms with Crippen molar-refractivity contribution in [3.63, 3.8) is 0 Å². The molecule has 0 atom stereocenters. The number of fused-ring (bicyclic) bond motifs is 2. The van der Waals surface area contributed by atoms with Crippen molar-refractivity contribution in [2.24, 2.45) is 0 Å². The molecule has 0 bridgehead atoms. The molecule has 4 aromatic rings. The molecule has 0 aliphatic rings. The summed E-state index contributed by atoms with van der Waals surface area (Å²) >= 11 is 0. The largest absolute Gasteiger partial charge is 0.497 e. The Bertz CT molecular complexity index is 1310. The zero-order chi connectivity index (χ0) is 20.4. The fourth-order valence-electron chi connectivity index (χ4n) is 2.99. The van der Waals surface area contributed by atoms with Gasteiger partial charge in [-0.3, -0.25) is 9.59 Å². The van der Waals surface area contributed by atoms with Crippen LogP contribution in [0.3, 0.4) is 0 Å². The Balaban J connectivity index is 1.59. The monoisotopic (exact) mass is 389 g/mol. The molecule has 3 aromatic carbocycles. The summed E-state index contributed by atoms with van der Waals surface area (Å²) in [6.45, 7) is 0. The van der Waals surface area contributed by atoms with Crippen molar-refractivity contribution in [1.29, 1.82) is 0 Å². The van der Waals surface area contributed by atoms with E-state index in [1.54, 1.807) is 37.5 Å². The number of benzene rings is 3. The van der Waals surface area contributed by atoms with Crippen molar-refractivity contribution in [2.45, 2.75) is 0 Å². The van der Waals surface area contributed by atoms with E-state index in [4.69, 9.17) is 9.15 Å². The number of nitrogens with one attached hydrogen (secondary N) is 1. The molecule has 0 aliphatic carbocycles. The second kappa shape index (κ2) is 7.59. The average Bonchev–Trinajstić information content (AvgIpc) is 2.73. The van der Waals surface area contributed by atoms with Crippen LogP contribution in [0.2, 0.25) is 0 Å². The second-order valence-corrected chi connectivity index (χ2v) is 6.35. The zero-order valence-electron chi connectivity index (χ0n) is 15.4. The normalized spacial score (nSPS) is 11.2. The summed E-state index contributed by atoms with van der Waals surface area (Å²) < 4.78 is 24.7. The number of anilines is 1. The van der Waals surface area contributed by atoms with E-state index in [9.17, 15) is 14.0 Å². The highest BCUT2D eigenvalue weighted by Crippen LogP contribution is 2.23. The molecule has 5 nitrogen and oxygen atoms in total. The smallest absolute Gasteiger partial charge is 0.248 e. The minimum atomic E-state index is -0.613. The molecule has 0 unspecified atom stereocenters. The van der Waals surface area contributed by atoms with Gasteiger partial charge in [0.25, 0.3) is 0 Å². The van der Waals surface area contributed by atoms with E-state index in [0.717, 1.165) is 11.3 Å². The molecule has 6 heteroatoms. The summed E-state index contributed by atoms with van der Waals surface area (Å²) in [5.41, 5.74) is 1.04. The Kier molecular flexibility index (Phi) is 4.83. The molecule has 1 amide bonds. The third-order valence-electron chi connectivity index (χ3n) is 4.46. The molecule has 1 aromatic heterocycles. The number of carbonyl (C=O) groups is 1. The fourth-order valence-corrected chi connectivity index (χ4v) is 2.99. The summed E-state index contributed by atoms with van der Waals surface area (Å²) in [4.78, 5) is 24.7. The maximum absolute atomic E-state index is 14.0. The van der Waals surface area contributed by atoms with Crippen LogP contribution in [0.5, 0.6) is 5.75 Å². The number of rotatable bonds is 4. The van der Waals surface area contributed by atoms with E-state index < -0.39 is 5.82 Å². The van der Waals surface area contributed by atoms with Crippen LogP contribution in [0.25, 0.3) is 28.0 Å². The van der Waals surface area contributed by atoms with E-state index in [1.807, 2.05) is 12.1 Å². The summed E-state index contributed by atoms with van der Waals surface area (Å²) in [5.74, 6) is -0.235. The molecule has 4 rings (SSSR count). The predicted molar refractivity (Wildman–Crippen MR) is 111 cm³/mol. The number of carbonyl (C=O) groups excluding carboxylic acids is 1. The molecule has 0 radical (unpaired) electrons. The number of hydrogen-bond acceptors (Lipinski definition) is 4. The van der Waals surface area contributed by atoms with Crippen molar-refractivity contribution in [2.75, 3.05) is 12.4 Å². The maximum atomic E-state index is 14.0. The summed E-state index contributed by atoms with van der Waals surface area (Å²) in [6, 6.07) is 16.1. The fraction of sp³-hybridized carbons (Fsp3) is 0.0435. The number of ether oxygens (including phenoxy) is 1. The molecular weight excluding hydrogens is 373 g/mol. The first-order valence-electron chi connectivity index (χ1n) is 8.83. The SMILES string of the molecule is COc1ccc(C=CC(=O)Nc2ccc3c(=O)c4cccc(F)c4oc3c2)cc1. The highest BCUT2D eigenvalue weighted by molar-refractivity contribution is 6.03. The van der Waals surface area contributed by atoms with Crippen LogP contribution in [0.4, 0.5) is 10.1 Å². The molecule has 0 saturated heterocycles. The van der Waals surface area contributed by atoms with Gasteiger partial charge in [-0.25, -0.2) is 4.39 Å². The number of para-hydroxylation sites is 1. The number of methoxy groups -OCH3 is 1. The lowest BCUT2D eigenvalue weighted by atomic mass is 10.1. The van der Waals surface area contributed by atoms with Gasteiger partial charge in [-0.2, -0.15) is 0 Å². The van der Waals surface area contributed by atoms with Crippen LogP contribution in [-0.4, -0.2) is 13.0 Å². The number of halogens is 1. The highest BCUT2D eigenvalue weighted by Gasteiger charge is 2.11. The molecular formula is C23H16FNO4. The Hall–Kier alpha value is -3.93. The number of amides is 1. The van der Waals surface area contributed by atoms with Crippen molar-refractivity contribution in [1.82, 2.24) is 0 Å².